The lowest BCUT2D eigenvalue weighted by atomic mass is 10.1. The largest absolute Gasteiger partial charge is 0.395 e. The van der Waals surface area contributed by atoms with Crippen molar-refractivity contribution in [3.63, 3.8) is 0 Å². The topological polar surface area (TPSA) is 44.7 Å². The molecule has 2 unspecified atom stereocenters. The number of methoxy groups -OCH3 is 1. The van der Waals surface area contributed by atoms with Gasteiger partial charge in [-0.1, -0.05) is 6.92 Å². The highest BCUT2D eigenvalue weighted by Gasteiger charge is 2.22. The molecule has 4 heteroatoms. The van der Waals surface area contributed by atoms with Gasteiger partial charge in [0.15, 0.2) is 0 Å². The molecule has 0 aromatic heterocycles. The second-order valence-electron chi connectivity index (χ2n) is 4.09. The van der Waals surface area contributed by atoms with Crippen LogP contribution in [0.4, 0.5) is 0 Å². The van der Waals surface area contributed by atoms with Gasteiger partial charge in [-0.05, 0) is 12.5 Å². The van der Waals surface area contributed by atoms with Crippen LogP contribution in [0.3, 0.4) is 0 Å². The molecular weight excluding hydrogens is 180 g/mol. The van der Waals surface area contributed by atoms with Crippen LogP contribution in [0.25, 0.3) is 0 Å². The van der Waals surface area contributed by atoms with E-state index < -0.39 is 0 Å². The molecule has 1 fully saturated rings. The summed E-state index contributed by atoms with van der Waals surface area (Å²) in [6, 6.07) is 0.245. The molecule has 0 aromatic carbocycles. The molecular formula is C10H22N2O2. The summed E-state index contributed by atoms with van der Waals surface area (Å²) in [6.07, 6.45) is 0. The highest BCUT2D eigenvalue weighted by molar-refractivity contribution is 4.79. The van der Waals surface area contributed by atoms with Crippen LogP contribution in [0, 0.1) is 5.92 Å². The van der Waals surface area contributed by atoms with Crippen molar-refractivity contribution in [1.82, 2.24) is 10.2 Å². The van der Waals surface area contributed by atoms with E-state index in [9.17, 15) is 5.11 Å². The van der Waals surface area contributed by atoms with Crippen LogP contribution in [0.15, 0.2) is 0 Å². The average Bonchev–Trinajstić information content (AvgIpc) is 2.36. The summed E-state index contributed by atoms with van der Waals surface area (Å²) in [5.41, 5.74) is 0. The second kappa shape index (κ2) is 6.35. The van der Waals surface area contributed by atoms with Gasteiger partial charge in [0.2, 0.25) is 0 Å². The first-order chi connectivity index (χ1) is 6.77. The molecule has 0 bridgehead atoms. The molecule has 1 saturated heterocycles. The van der Waals surface area contributed by atoms with E-state index in [2.05, 4.69) is 17.1 Å². The van der Waals surface area contributed by atoms with E-state index in [1.54, 1.807) is 7.11 Å². The first-order valence-electron chi connectivity index (χ1n) is 5.32. The van der Waals surface area contributed by atoms with Gasteiger partial charge in [0.1, 0.15) is 0 Å². The summed E-state index contributed by atoms with van der Waals surface area (Å²) in [6.45, 7) is 7.07. The van der Waals surface area contributed by atoms with Crippen LogP contribution < -0.4 is 5.32 Å². The van der Waals surface area contributed by atoms with Crippen LogP contribution in [0.2, 0.25) is 0 Å². The average molecular weight is 202 g/mol. The van der Waals surface area contributed by atoms with Crippen molar-refractivity contribution in [2.75, 3.05) is 46.5 Å². The van der Waals surface area contributed by atoms with Crippen LogP contribution in [0.5, 0.6) is 0 Å². The third-order valence-corrected chi connectivity index (χ3v) is 2.73. The van der Waals surface area contributed by atoms with Crippen molar-refractivity contribution in [3.8, 4) is 0 Å². The Hall–Kier alpha value is -0.160. The standard InChI is InChI=1S/C10H22N2O2/c1-9-5-11-6-10(8-13)12(7-9)3-4-14-2/h9-11,13H,3-8H2,1-2H3. The molecule has 84 valence electrons. The number of nitrogens with one attached hydrogen (secondary N) is 1. The number of hydrogen-bond donors (Lipinski definition) is 2. The SMILES string of the molecule is COCCN1CC(C)CNCC1CO. The highest BCUT2D eigenvalue weighted by atomic mass is 16.5. The maximum atomic E-state index is 9.25. The number of hydrogen-bond acceptors (Lipinski definition) is 4. The summed E-state index contributed by atoms with van der Waals surface area (Å²) in [4.78, 5) is 2.31. The maximum absolute atomic E-state index is 9.25. The summed E-state index contributed by atoms with van der Waals surface area (Å²) in [7, 11) is 1.72. The predicted octanol–water partition coefficient (Wildman–Crippen LogP) is -0.465. The highest BCUT2D eigenvalue weighted by Crippen LogP contribution is 2.07. The van der Waals surface area contributed by atoms with Crippen molar-refractivity contribution < 1.29 is 9.84 Å². The van der Waals surface area contributed by atoms with E-state index in [-0.39, 0.29) is 12.6 Å². The Bertz CT molecular complexity index is 155. The summed E-state index contributed by atoms with van der Waals surface area (Å²) >= 11 is 0. The van der Waals surface area contributed by atoms with Crippen LogP contribution in [-0.4, -0.2) is 62.6 Å². The first-order valence-corrected chi connectivity index (χ1v) is 5.32. The smallest absolute Gasteiger partial charge is 0.0599 e. The minimum atomic E-state index is 0.226. The molecule has 0 radical (unpaired) electrons. The normalized spacial score (nSPS) is 30.2. The minimum Gasteiger partial charge on any atom is -0.395 e. The molecule has 0 amide bonds. The summed E-state index contributed by atoms with van der Waals surface area (Å²) in [5.74, 6) is 0.642. The third-order valence-electron chi connectivity index (χ3n) is 2.73. The quantitative estimate of drug-likeness (QED) is 0.647. The van der Waals surface area contributed by atoms with Gasteiger partial charge in [-0.2, -0.15) is 0 Å². The van der Waals surface area contributed by atoms with Gasteiger partial charge in [-0.3, -0.25) is 4.90 Å². The lowest BCUT2D eigenvalue weighted by Crippen LogP contribution is -2.44. The number of rotatable bonds is 4. The van der Waals surface area contributed by atoms with Gasteiger partial charge >= 0.3 is 0 Å². The van der Waals surface area contributed by atoms with Crippen molar-refractivity contribution in [2.45, 2.75) is 13.0 Å². The van der Waals surface area contributed by atoms with E-state index in [1.165, 1.54) is 0 Å². The fraction of sp³-hybridized carbons (Fsp3) is 1.00. The van der Waals surface area contributed by atoms with Crippen LogP contribution in [0.1, 0.15) is 6.92 Å². The molecule has 0 aromatic rings. The number of aliphatic hydroxyl groups excluding tert-OH is 1. The van der Waals surface area contributed by atoms with E-state index in [4.69, 9.17) is 4.74 Å². The van der Waals surface area contributed by atoms with E-state index in [0.29, 0.717) is 5.92 Å². The molecule has 4 nitrogen and oxygen atoms in total. The number of ether oxygens (including phenoxy) is 1. The molecule has 1 aliphatic heterocycles. The van der Waals surface area contributed by atoms with E-state index in [0.717, 1.165) is 32.8 Å². The Kier molecular flexibility index (Phi) is 5.40. The molecule has 0 aliphatic carbocycles. The van der Waals surface area contributed by atoms with Crippen LogP contribution >= 0.6 is 0 Å². The Balaban J connectivity index is 2.44. The summed E-state index contributed by atoms with van der Waals surface area (Å²) < 4.78 is 5.07. The van der Waals surface area contributed by atoms with Gasteiger partial charge in [0.05, 0.1) is 13.2 Å². The van der Waals surface area contributed by atoms with Gasteiger partial charge in [0.25, 0.3) is 0 Å². The lowest BCUT2D eigenvalue weighted by molar-refractivity contribution is 0.0875. The van der Waals surface area contributed by atoms with Crippen molar-refractivity contribution >= 4 is 0 Å². The van der Waals surface area contributed by atoms with Crippen molar-refractivity contribution in [2.24, 2.45) is 5.92 Å². The van der Waals surface area contributed by atoms with Crippen molar-refractivity contribution in [3.05, 3.63) is 0 Å². The third kappa shape index (κ3) is 3.53. The lowest BCUT2D eigenvalue weighted by Gasteiger charge is -2.28. The zero-order valence-corrected chi connectivity index (χ0v) is 9.20. The van der Waals surface area contributed by atoms with Gasteiger partial charge in [-0.25, -0.2) is 0 Å². The van der Waals surface area contributed by atoms with Gasteiger partial charge in [0, 0.05) is 32.8 Å². The molecule has 1 rings (SSSR count). The minimum absolute atomic E-state index is 0.226. The van der Waals surface area contributed by atoms with E-state index >= 15 is 0 Å². The molecule has 14 heavy (non-hydrogen) atoms. The van der Waals surface area contributed by atoms with Crippen LogP contribution in [-0.2, 0) is 4.74 Å². The Morgan fingerprint density at radius 2 is 2.29 bits per heavy atom. The fourth-order valence-corrected chi connectivity index (χ4v) is 1.90. The number of nitrogens with zero attached hydrogens (tertiary/aromatic N) is 1. The molecule has 0 saturated carbocycles. The Morgan fingerprint density at radius 1 is 1.50 bits per heavy atom. The zero-order valence-electron chi connectivity index (χ0n) is 9.20. The molecule has 1 heterocycles. The fourth-order valence-electron chi connectivity index (χ4n) is 1.90. The molecule has 2 N–H and O–H groups in total. The van der Waals surface area contributed by atoms with Gasteiger partial charge in [-0.15, -0.1) is 0 Å². The van der Waals surface area contributed by atoms with Gasteiger partial charge < -0.3 is 15.2 Å². The predicted molar refractivity (Wildman–Crippen MR) is 56.4 cm³/mol. The number of aliphatic hydroxyl groups is 1. The van der Waals surface area contributed by atoms with E-state index in [1.807, 2.05) is 0 Å². The monoisotopic (exact) mass is 202 g/mol. The Labute approximate surface area is 86.2 Å². The second-order valence-corrected chi connectivity index (χ2v) is 4.09. The molecule has 2 atom stereocenters. The zero-order chi connectivity index (χ0) is 10.4. The first kappa shape index (κ1) is 11.9. The molecule has 1 aliphatic rings. The Morgan fingerprint density at radius 3 is 2.93 bits per heavy atom. The maximum Gasteiger partial charge on any atom is 0.0599 e. The van der Waals surface area contributed by atoms with Crippen molar-refractivity contribution in [1.29, 1.82) is 0 Å². The summed E-state index contributed by atoms with van der Waals surface area (Å²) in [5, 5.41) is 12.6. The molecule has 0 spiro atoms.